The highest BCUT2D eigenvalue weighted by Crippen LogP contribution is 2.13. The highest BCUT2D eigenvalue weighted by molar-refractivity contribution is 5.94. The number of nitrogens with two attached hydrogens (primary N) is 1. The normalized spacial score (nSPS) is 10.4. The molecule has 0 aromatic heterocycles. The molecule has 0 radical (unpaired) electrons. The molecular weight excluding hydrogens is 267 g/mol. The van der Waals surface area contributed by atoms with Crippen molar-refractivity contribution >= 4 is 11.6 Å². The maximum Gasteiger partial charge on any atom is 0.254 e. The molecule has 3 nitrogen and oxygen atoms in total. The molecule has 0 unspecified atom stereocenters. The average molecular weight is 286 g/mol. The Morgan fingerprint density at radius 1 is 1.19 bits per heavy atom. The standard InChI is InChI=1S/C17H19FN2O/c1-2-10-20(12-13-6-8-16(19)9-7-13)17(21)14-4-3-5-15(18)11-14/h3-9,11H,2,10,12,19H2,1H3. The van der Waals surface area contributed by atoms with Gasteiger partial charge in [0.15, 0.2) is 0 Å². The van der Waals surface area contributed by atoms with Crippen LogP contribution in [0.5, 0.6) is 0 Å². The van der Waals surface area contributed by atoms with Gasteiger partial charge in [0.2, 0.25) is 0 Å². The van der Waals surface area contributed by atoms with Crippen molar-refractivity contribution in [2.75, 3.05) is 12.3 Å². The van der Waals surface area contributed by atoms with Crippen LogP contribution in [0, 0.1) is 5.82 Å². The number of amides is 1. The third kappa shape index (κ3) is 4.05. The molecule has 0 aliphatic carbocycles. The fraction of sp³-hybridized carbons (Fsp3) is 0.235. The van der Waals surface area contributed by atoms with Crippen LogP contribution in [0.3, 0.4) is 0 Å². The van der Waals surface area contributed by atoms with Gasteiger partial charge in [0, 0.05) is 24.3 Å². The molecule has 0 aliphatic rings. The van der Waals surface area contributed by atoms with Gasteiger partial charge in [-0.15, -0.1) is 0 Å². The summed E-state index contributed by atoms with van der Waals surface area (Å²) in [4.78, 5) is 14.2. The first-order chi connectivity index (χ1) is 10.1. The SMILES string of the molecule is CCCN(Cc1ccc(N)cc1)C(=O)c1cccc(F)c1. The number of hydrogen-bond acceptors (Lipinski definition) is 2. The van der Waals surface area contributed by atoms with Crippen LogP contribution in [-0.4, -0.2) is 17.4 Å². The molecule has 0 bridgehead atoms. The Balaban J connectivity index is 2.18. The van der Waals surface area contributed by atoms with E-state index in [4.69, 9.17) is 5.73 Å². The number of benzene rings is 2. The molecule has 21 heavy (non-hydrogen) atoms. The topological polar surface area (TPSA) is 46.3 Å². The summed E-state index contributed by atoms with van der Waals surface area (Å²) in [7, 11) is 0. The zero-order chi connectivity index (χ0) is 15.2. The summed E-state index contributed by atoms with van der Waals surface area (Å²) in [6.45, 7) is 3.12. The third-order valence-corrected chi connectivity index (χ3v) is 3.21. The summed E-state index contributed by atoms with van der Waals surface area (Å²) in [6.07, 6.45) is 0.843. The molecule has 2 N–H and O–H groups in total. The van der Waals surface area contributed by atoms with E-state index < -0.39 is 5.82 Å². The molecule has 110 valence electrons. The van der Waals surface area contributed by atoms with Crippen molar-refractivity contribution in [2.24, 2.45) is 0 Å². The molecule has 0 fully saturated rings. The molecule has 1 amide bonds. The Kier molecular flexibility index (Phi) is 4.93. The number of carbonyl (C=O) groups is 1. The number of nitrogen functional groups attached to an aromatic ring is 1. The molecular formula is C17H19FN2O. The summed E-state index contributed by atoms with van der Waals surface area (Å²) < 4.78 is 13.3. The van der Waals surface area contributed by atoms with Crippen LogP contribution in [0.25, 0.3) is 0 Å². The Morgan fingerprint density at radius 2 is 1.90 bits per heavy atom. The zero-order valence-electron chi connectivity index (χ0n) is 12.1. The van der Waals surface area contributed by atoms with E-state index in [1.54, 1.807) is 17.0 Å². The molecule has 0 aliphatic heterocycles. The number of hydrogen-bond donors (Lipinski definition) is 1. The first kappa shape index (κ1) is 15.0. The summed E-state index contributed by atoms with van der Waals surface area (Å²) in [6, 6.07) is 13.2. The van der Waals surface area contributed by atoms with Gasteiger partial charge in [-0.2, -0.15) is 0 Å². The van der Waals surface area contributed by atoms with Crippen molar-refractivity contribution in [1.82, 2.24) is 4.90 Å². The lowest BCUT2D eigenvalue weighted by Crippen LogP contribution is -2.31. The van der Waals surface area contributed by atoms with Crippen LogP contribution < -0.4 is 5.73 Å². The molecule has 0 heterocycles. The minimum Gasteiger partial charge on any atom is -0.399 e. The molecule has 0 atom stereocenters. The van der Waals surface area contributed by atoms with E-state index >= 15 is 0 Å². The van der Waals surface area contributed by atoms with Gasteiger partial charge in [-0.05, 0) is 42.3 Å². The second-order valence-electron chi connectivity index (χ2n) is 4.98. The van der Waals surface area contributed by atoms with Crippen molar-refractivity contribution in [3.05, 3.63) is 65.5 Å². The van der Waals surface area contributed by atoms with Crippen molar-refractivity contribution < 1.29 is 9.18 Å². The highest BCUT2D eigenvalue weighted by atomic mass is 19.1. The first-order valence-corrected chi connectivity index (χ1v) is 6.99. The summed E-state index contributed by atoms with van der Waals surface area (Å²) in [5.74, 6) is -0.557. The predicted molar refractivity (Wildman–Crippen MR) is 82.3 cm³/mol. The number of rotatable bonds is 5. The molecule has 0 saturated heterocycles. The van der Waals surface area contributed by atoms with E-state index in [-0.39, 0.29) is 5.91 Å². The second kappa shape index (κ2) is 6.88. The van der Waals surface area contributed by atoms with Gasteiger partial charge in [-0.1, -0.05) is 25.1 Å². The number of anilines is 1. The Morgan fingerprint density at radius 3 is 2.52 bits per heavy atom. The van der Waals surface area contributed by atoms with E-state index in [0.29, 0.717) is 24.3 Å². The molecule has 4 heteroatoms. The highest BCUT2D eigenvalue weighted by Gasteiger charge is 2.15. The van der Waals surface area contributed by atoms with Crippen molar-refractivity contribution in [3.8, 4) is 0 Å². The molecule has 0 spiro atoms. The van der Waals surface area contributed by atoms with Gasteiger partial charge >= 0.3 is 0 Å². The van der Waals surface area contributed by atoms with Gasteiger partial charge in [0.1, 0.15) is 5.82 Å². The summed E-state index contributed by atoms with van der Waals surface area (Å²) in [5.41, 5.74) is 7.73. The van der Waals surface area contributed by atoms with Crippen LogP contribution in [0.2, 0.25) is 0 Å². The molecule has 2 rings (SSSR count). The van der Waals surface area contributed by atoms with Crippen molar-refractivity contribution in [2.45, 2.75) is 19.9 Å². The Bertz CT molecular complexity index is 610. The fourth-order valence-electron chi connectivity index (χ4n) is 2.17. The van der Waals surface area contributed by atoms with E-state index in [0.717, 1.165) is 12.0 Å². The van der Waals surface area contributed by atoms with Crippen molar-refractivity contribution in [1.29, 1.82) is 0 Å². The van der Waals surface area contributed by atoms with E-state index in [1.165, 1.54) is 12.1 Å². The molecule has 0 saturated carbocycles. The van der Waals surface area contributed by atoms with Crippen LogP contribution in [0.1, 0.15) is 29.3 Å². The fourth-order valence-corrected chi connectivity index (χ4v) is 2.17. The summed E-state index contributed by atoms with van der Waals surface area (Å²) >= 11 is 0. The lowest BCUT2D eigenvalue weighted by molar-refractivity contribution is 0.0742. The number of halogens is 1. The average Bonchev–Trinajstić information content (AvgIpc) is 2.48. The van der Waals surface area contributed by atoms with Gasteiger partial charge in [0.25, 0.3) is 5.91 Å². The lowest BCUT2D eigenvalue weighted by atomic mass is 10.1. The van der Waals surface area contributed by atoms with Crippen LogP contribution in [0.4, 0.5) is 10.1 Å². The predicted octanol–water partition coefficient (Wildman–Crippen LogP) is 3.46. The monoisotopic (exact) mass is 286 g/mol. The Hall–Kier alpha value is -2.36. The molecule has 2 aromatic rings. The van der Waals surface area contributed by atoms with Crippen LogP contribution in [0.15, 0.2) is 48.5 Å². The third-order valence-electron chi connectivity index (χ3n) is 3.21. The quantitative estimate of drug-likeness (QED) is 0.856. The largest absolute Gasteiger partial charge is 0.399 e. The van der Waals surface area contributed by atoms with E-state index in [9.17, 15) is 9.18 Å². The van der Waals surface area contributed by atoms with Gasteiger partial charge in [0.05, 0.1) is 0 Å². The number of nitrogens with zero attached hydrogens (tertiary/aromatic N) is 1. The van der Waals surface area contributed by atoms with Crippen LogP contribution >= 0.6 is 0 Å². The zero-order valence-corrected chi connectivity index (χ0v) is 12.1. The van der Waals surface area contributed by atoms with E-state index in [1.807, 2.05) is 31.2 Å². The maximum atomic E-state index is 13.3. The van der Waals surface area contributed by atoms with Gasteiger partial charge in [-0.3, -0.25) is 4.79 Å². The Labute approximate surface area is 124 Å². The maximum absolute atomic E-state index is 13.3. The number of carbonyl (C=O) groups excluding carboxylic acids is 1. The van der Waals surface area contributed by atoms with Crippen molar-refractivity contribution in [3.63, 3.8) is 0 Å². The van der Waals surface area contributed by atoms with Gasteiger partial charge < -0.3 is 10.6 Å². The first-order valence-electron chi connectivity index (χ1n) is 6.99. The smallest absolute Gasteiger partial charge is 0.254 e. The van der Waals surface area contributed by atoms with E-state index in [2.05, 4.69) is 0 Å². The minimum atomic E-state index is -0.398. The summed E-state index contributed by atoms with van der Waals surface area (Å²) in [5, 5.41) is 0. The molecule has 2 aromatic carbocycles. The second-order valence-corrected chi connectivity index (χ2v) is 4.98. The minimum absolute atomic E-state index is 0.159. The lowest BCUT2D eigenvalue weighted by Gasteiger charge is -2.22. The van der Waals surface area contributed by atoms with Gasteiger partial charge in [-0.25, -0.2) is 4.39 Å². The van der Waals surface area contributed by atoms with Crippen LogP contribution in [-0.2, 0) is 6.54 Å².